The van der Waals surface area contributed by atoms with Gasteiger partial charge in [0.05, 0.1) is 19.1 Å². The van der Waals surface area contributed by atoms with Crippen LogP contribution in [0.15, 0.2) is 36.4 Å². The smallest absolute Gasteiger partial charge is 0.251 e. The van der Waals surface area contributed by atoms with E-state index in [1.165, 1.54) is 5.56 Å². The van der Waals surface area contributed by atoms with Crippen molar-refractivity contribution in [3.05, 3.63) is 53.1 Å². The number of hydrogen-bond acceptors (Lipinski definition) is 6. The van der Waals surface area contributed by atoms with Crippen LogP contribution in [0.2, 0.25) is 0 Å². The quantitative estimate of drug-likeness (QED) is 0.396. The van der Waals surface area contributed by atoms with Crippen molar-refractivity contribution in [2.24, 2.45) is 17.8 Å². The lowest BCUT2D eigenvalue weighted by atomic mass is 9.84. The van der Waals surface area contributed by atoms with Crippen LogP contribution < -0.4 is 15.5 Å². The standard InChI is InChI=1S/C36H52N4O4/c1-24(2)22-40(31-10-14-43-15-11-31)34-20-30(29-8-6-28(7-9-29)23-39-12-16-44-17-13-39)19-32(27(34)5)35(41)37-21-33-25(3)18-26(4)38-36(33)42/h6-9,19-20,24-26,31,33H,10-18,21-23H2,1-5H3,(H,37,41)(H,38,42). The fourth-order valence-corrected chi connectivity index (χ4v) is 7.04. The molecule has 0 aromatic heterocycles. The fourth-order valence-electron chi connectivity index (χ4n) is 7.04. The lowest BCUT2D eigenvalue weighted by molar-refractivity contribution is -0.129. The summed E-state index contributed by atoms with van der Waals surface area (Å²) in [7, 11) is 0. The maximum Gasteiger partial charge on any atom is 0.251 e. The van der Waals surface area contributed by atoms with Crippen molar-refractivity contribution in [2.45, 2.75) is 72.5 Å². The van der Waals surface area contributed by atoms with Crippen molar-refractivity contribution >= 4 is 17.5 Å². The molecule has 3 saturated heterocycles. The minimum absolute atomic E-state index is 0.0301. The molecule has 2 amide bonds. The van der Waals surface area contributed by atoms with Gasteiger partial charge in [0.25, 0.3) is 5.91 Å². The molecule has 3 aliphatic heterocycles. The van der Waals surface area contributed by atoms with Gasteiger partial charge in [0.1, 0.15) is 0 Å². The van der Waals surface area contributed by atoms with Crippen LogP contribution in [0.25, 0.3) is 11.1 Å². The normalized spacial score (nSPS) is 23.4. The molecule has 0 bridgehead atoms. The molecule has 44 heavy (non-hydrogen) atoms. The number of ether oxygens (including phenoxy) is 2. The Morgan fingerprint density at radius 1 is 1.02 bits per heavy atom. The van der Waals surface area contributed by atoms with Gasteiger partial charge in [-0.15, -0.1) is 0 Å². The first kappa shape index (κ1) is 32.5. The van der Waals surface area contributed by atoms with E-state index in [4.69, 9.17) is 9.47 Å². The van der Waals surface area contributed by atoms with Gasteiger partial charge < -0.3 is 25.0 Å². The molecule has 5 rings (SSSR count). The van der Waals surface area contributed by atoms with Gasteiger partial charge in [0.15, 0.2) is 0 Å². The van der Waals surface area contributed by atoms with E-state index in [9.17, 15) is 9.59 Å². The number of benzene rings is 2. The van der Waals surface area contributed by atoms with E-state index < -0.39 is 0 Å². The molecule has 3 aliphatic rings. The van der Waals surface area contributed by atoms with Gasteiger partial charge in [-0.25, -0.2) is 0 Å². The number of hydrogen-bond donors (Lipinski definition) is 2. The van der Waals surface area contributed by atoms with Crippen LogP contribution in [0.1, 0.15) is 68.4 Å². The first-order valence-corrected chi connectivity index (χ1v) is 16.7. The molecule has 2 N–H and O–H groups in total. The second-order valence-corrected chi connectivity index (χ2v) is 13.6. The van der Waals surface area contributed by atoms with Gasteiger partial charge in [-0.05, 0) is 79.3 Å². The lowest BCUT2D eigenvalue weighted by Gasteiger charge is -2.39. The van der Waals surface area contributed by atoms with Crippen molar-refractivity contribution in [1.29, 1.82) is 0 Å². The van der Waals surface area contributed by atoms with Gasteiger partial charge in [-0.1, -0.05) is 45.0 Å². The number of nitrogens with zero attached hydrogens (tertiary/aromatic N) is 2. The van der Waals surface area contributed by atoms with Crippen LogP contribution in [0.4, 0.5) is 5.69 Å². The van der Waals surface area contributed by atoms with E-state index in [0.717, 1.165) is 94.2 Å². The number of morpholine rings is 1. The molecule has 2 aromatic rings. The van der Waals surface area contributed by atoms with E-state index >= 15 is 0 Å². The zero-order valence-electron chi connectivity index (χ0n) is 27.4. The van der Waals surface area contributed by atoms with E-state index in [-0.39, 0.29) is 29.7 Å². The Morgan fingerprint density at radius 3 is 2.36 bits per heavy atom. The van der Waals surface area contributed by atoms with E-state index in [0.29, 0.717) is 24.1 Å². The summed E-state index contributed by atoms with van der Waals surface area (Å²) in [4.78, 5) is 31.6. The average Bonchev–Trinajstić information content (AvgIpc) is 3.01. The lowest BCUT2D eigenvalue weighted by Crippen LogP contribution is -2.50. The van der Waals surface area contributed by atoms with Crippen molar-refractivity contribution in [1.82, 2.24) is 15.5 Å². The summed E-state index contributed by atoms with van der Waals surface area (Å²) in [5.74, 6) is 0.364. The fraction of sp³-hybridized carbons (Fsp3) is 0.611. The Labute approximate surface area is 263 Å². The van der Waals surface area contributed by atoms with Crippen molar-refractivity contribution in [3.8, 4) is 11.1 Å². The Kier molecular flexibility index (Phi) is 11.0. The summed E-state index contributed by atoms with van der Waals surface area (Å²) >= 11 is 0. The highest BCUT2D eigenvalue weighted by molar-refractivity contribution is 5.99. The molecule has 2 aromatic carbocycles. The second-order valence-electron chi connectivity index (χ2n) is 13.6. The van der Waals surface area contributed by atoms with Crippen molar-refractivity contribution in [3.63, 3.8) is 0 Å². The molecule has 0 radical (unpaired) electrons. The largest absolute Gasteiger partial charge is 0.381 e. The number of amides is 2. The van der Waals surface area contributed by atoms with E-state index in [2.05, 4.69) is 78.5 Å². The molecule has 0 spiro atoms. The highest BCUT2D eigenvalue weighted by Crippen LogP contribution is 2.35. The molecular formula is C36H52N4O4. The first-order chi connectivity index (χ1) is 21.2. The number of piperidine rings is 1. The molecule has 8 nitrogen and oxygen atoms in total. The predicted molar refractivity (Wildman–Crippen MR) is 176 cm³/mol. The Hall–Kier alpha value is -2.94. The highest BCUT2D eigenvalue weighted by Gasteiger charge is 2.33. The van der Waals surface area contributed by atoms with Crippen LogP contribution in [0.3, 0.4) is 0 Å². The minimum Gasteiger partial charge on any atom is -0.381 e. The number of nitrogens with one attached hydrogen (secondary N) is 2. The molecule has 240 valence electrons. The molecule has 3 unspecified atom stereocenters. The number of carbonyl (C=O) groups is 2. The minimum atomic E-state index is -0.225. The Bertz CT molecular complexity index is 1270. The van der Waals surface area contributed by atoms with Gasteiger partial charge in [-0.3, -0.25) is 14.5 Å². The third-order valence-electron chi connectivity index (χ3n) is 9.55. The van der Waals surface area contributed by atoms with Gasteiger partial charge in [0.2, 0.25) is 5.91 Å². The van der Waals surface area contributed by atoms with Gasteiger partial charge in [-0.2, -0.15) is 0 Å². The molecule has 3 heterocycles. The first-order valence-electron chi connectivity index (χ1n) is 16.7. The topological polar surface area (TPSA) is 83.1 Å². The zero-order chi connectivity index (χ0) is 31.2. The van der Waals surface area contributed by atoms with E-state index in [1.807, 2.05) is 13.0 Å². The highest BCUT2D eigenvalue weighted by atomic mass is 16.5. The van der Waals surface area contributed by atoms with Crippen molar-refractivity contribution < 1.29 is 19.1 Å². The third-order valence-corrected chi connectivity index (χ3v) is 9.55. The molecule has 0 saturated carbocycles. The summed E-state index contributed by atoms with van der Waals surface area (Å²) in [5, 5.41) is 6.21. The molecule has 8 heteroatoms. The number of carbonyl (C=O) groups excluding carboxylic acids is 2. The van der Waals surface area contributed by atoms with Crippen molar-refractivity contribution in [2.75, 3.05) is 57.5 Å². The monoisotopic (exact) mass is 604 g/mol. The molecular weight excluding hydrogens is 552 g/mol. The number of rotatable bonds is 10. The van der Waals surface area contributed by atoms with Crippen LogP contribution in [-0.4, -0.2) is 81.4 Å². The predicted octanol–water partition coefficient (Wildman–Crippen LogP) is 5.03. The van der Waals surface area contributed by atoms with E-state index in [1.54, 1.807) is 0 Å². The van der Waals surface area contributed by atoms with Gasteiger partial charge >= 0.3 is 0 Å². The Morgan fingerprint density at radius 2 is 1.70 bits per heavy atom. The SMILES string of the molecule is Cc1c(C(=O)NCC2C(=O)NC(C)CC2C)cc(-c2ccc(CN3CCOCC3)cc2)cc1N(CC(C)C)C1CCOCC1. The maximum atomic E-state index is 13.9. The summed E-state index contributed by atoms with van der Waals surface area (Å²) in [6.45, 7) is 17.9. The molecule has 0 aliphatic carbocycles. The molecule has 3 atom stereocenters. The van der Waals surface area contributed by atoms with Crippen LogP contribution in [0.5, 0.6) is 0 Å². The number of anilines is 1. The second kappa shape index (κ2) is 14.9. The average molecular weight is 605 g/mol. The summed E-state index contributed by atoms with van der Waals surface area (Å²) in [6, 6.07) is 13.6. The summed E-state index contributed by atoms with van der Waals surface area (Å²) < 4.78 is 11.2. The maximum absolute atomic E-state index is 13.9. The third kappa shape index (κ3) is 8.01. The Balaban J connectivity index is 1.46. The zero-order valence-corrected chi connectivity index (χ0v) is 27.4. The summed E-state index contributed by atoms with van der Waals surface area (Å²) in [6.07, 6.45) is 2.87. The molecule has 3 fully saturated rings. The van der Waals surface area contributed by atoms with Gasteiger partial charge in [0, 0.05) is 69.3 Å². The van der Waals surface area contributed by atoms with Crippen LogP contribution in [0, 0.1) is 24.7 Å². The van der Waals surface area contributed by atoms with Crippen LogP contribution >= 0.6 is 0 Å². The summed E-state index contributed by atoms with van der Waals surface area (Å²) in [5.41, 5.74) is 6.18. The van der Waals surface area contributed by atoms with Crippen LogP contribution in [-0.2, 0) is 20.8 Å².